The minimum Gasteiger partial charge on any atom is -0.356 e. The first kappa shape index (κ1) is 11.7. The minimum atomic E-state index is -3.26. The molecule has 2 unspecified atom stereocenters. The van der Waals surface area contributed by atoms with Gasteiger partial charge >= 0.3 is 0 Å². The molecule has 0 aromatic heterocycles. The molecule has 0 N–H and O–H groups in total. The van der Waals surface area contributed by atoms with Crippen molar-refractivity contribution in [3.63, 3.8) is 0 Å². The van der Waals surface area contributed by atoms with Crippen molar-refractivity contribution in [3.05, 3.63) is 0 Å². The van der Waals surface area contributed by atoms with E-state index in [0.29, 0.717) is 18.9 Å². The lowest BCUT2D eigenvalue weighted by molar-refractivity contribution is -0.128. The molecule has 96 valence electrons. The average Bonchev–Trinajstić information content (AvgIpc) is 2.98. The van der Waals surface area contributed by atoms with Crippen LogP contribution in [0.2, 0.25) is 0 Å². The zero-order valence-electron chi connectivity index (χ0n) is 10.2. The Morgan fingerprint density at radius 1 is 1.41 bits per heavy atom. The monoisotopic (exact) mass is 258 g/mol. The van der Waals surface area contributed by atoms with Crippen molar-refractivity contribution in [1.29, 1.82) is 0 Å². The molecule has 2 bridgehead atoms. The largest absolute Gasteiger partial charge is 0.356 e. The number of ether oxygens (including phenoxy) is 1. The maximum atomic E-state index is 12.2. The Labute approximate surface area is 102 Å². The fourth-order valence-corrected chi connectivity index (χ4v) is 5.83. The van der Waals surface area contributed by atoms with Gasteiger partial charge in [-0.3, -0.25) is 4.79 Å². The molecule has 4 nitrogen and oxygen atoms in total. The highest BCUT2D eigenvalue weighted by atomic mass is 32.2. The van der Waals surface area contributed by atoms with E-state index in [-0.39, 0.29) is 17.0 Å². The van der Waals surface area contributed by atoms with E-state index in [1.54, 1.807) is 0 Å². The van der Waals surface area contributed by atoms with E-state index in [1.807, 2.05) is 0 Å². The van der Waals surface area contributed by atoms with Gasteiger partial charge < -0.3 is 4.74 Å². The quantitative estimate of drug-likeness (QED) is 0.712. The van der Waals surface area contributed by atoms with Crippen molar-refractivity contribution in [1.82, 2.24) is 0 Å². The van der Waals surface area contributed by atoms with Gasteiger partial charge in [0.2, 0.25) is 0 Å². The normalized spacial score (nSPS) is 43.1. The summed E-state index contributed by atoms with van der Waals surface area (Å²) in [7, 11) is -3.26. The second-order valence-electron chi connectivity index (χ2n) is 6.24. The number of Topliss-reactive ketones (excluding diaryl/α,β-unsaturated/α-hetero) is 1. The van der Waals surface area contributed by atoms with Gasteiger partial charge in [0.25, 0.3) is 0 Å². The molecule has 0 amide bonds. The molecule has 5 heteroatoms. The Bertz CT molecular complexity index is 475. The number of carbonyl (C=O) groups excluding carboxylic acids is 1. The smallest absolute Gasteiger partial charge is 0.182 e. The number of epoxide rings is 1. The van der Waals surface area contributed by atoms with Gasteiger partial charge in [0.15, 0.2) is 15.3 Å². The van der Waals surface area contributed by atoms with E-state index >= 15 is 0 Å². The number of sulfone groups is 1. The zero-order chi connectivity index (χ0) is 12.5. The third-order valence-electron chi connectivity index (χ3n) is 5.29. The van der Waals surface area contributed by atoms with Gasteiger partial charge in [-0.15, -0.1) is 0 Å². The molecular formula is C12H18O4S. The van der Waals surface area contributed by atoms with Crippen LogP contribution in [0.15, 0.2) is 0 Å². The number of fused-ring (bicyclic) bond motifs is 2. The van der Waals surface area contributed by atoms with E-state index in [2.05, 4.69) is 13.8 Å². The maximum Gasteiger partial charge on any atom is 0.182 e. The van der Waals surface area contributed by atoms with Crippen LogP contribution >= 0.6 is 0 Å². The van der Waals surface area contributed by atoms with Crippen LogP contribution in [0, 0.1) is 16.7 Å². The van der Waals surface area contributed by atoms with Crippen molar-refractivity contribution in [2.45, 2.75) is 38.5 Å². The van der Waals surface area contributed by atoms with E-state index in [9.17, 15) is 13.2 Å². The molecule has 0 aromatic rings. The van der Waals surface area contributed by atoms with Gasteiger partial charge in [0.1, 0.15) is 5.78 Å². The van der Waals surface area contributed by atoms with E-state index in [1.165, 1.54) is 0 Å². The summed E-state index contributed by atoms with van der Waals surface area (Å²) in [5.74, 6) is 0.515. The van der Waals surface area contributed by atoms with Gasteiger partial charge in [-0.1, -0.05) is 13.8 Å². The van der Waals surface area contributed by atoms with Crippen LogP contribution in [0.3, 0.4) is 0 Å². The molecule has 0 spiro atoms. The van der Waals surface area contributed by atoms with E-state index in [0.717, 1.165) is 12.8 Å². The van der Waals surface area contributed by atoms with Gasteiger partial charge in [0, 0.05) is 11.8 Å². The summed E-state index contributed by atoms with van der Waals surface area (Å²) >= 11 is 0. The van der Waals surface area contributed by atoms with Crippen molar-refractivity contribution in [2.24, 2.45) is 16.7 Å². The minimum absolute atomic E-state index is 0.00694. The summed E-state index contributed by atoms with van der Waals surface area (Å²) in [6, 6.07) is 0. The Morgan fingerprint density at radius 3 is 2.47 bits per heavy atom. The summed E-state index contributed by atoms with van der Waals surface area (Å²) in [5.41, 5.74) is -1.45. The predicted octanol–water partition coefficient (Wildman–Crippen LogP) is 1.15. The fraction of sp³-hybridized carbons (Fsp3) is 0.917. The molecule has 3 fully saturated rings. The summed E-state index contributed by atoms with van der Waals surface area (Å²) in [6.07, 6.45) is 2.28. The third kappa shape index (κ3) is 1.38. The number of hydrogen-bond donors (Lipinski definition) is 0. The van der Waals surface area contributed by atoms with Crippen molar-refractivity contribution >= 4 is 15.6 Å². The predicted molar refractivity (Wildman–Crippen MR) is 62.1 cm³/mol. The standard InChI is InChI=1S/C12H18O4S/c1-11(2)8-3-4-12(11,9(13)5-8)7-17(14,15)10-6-16-10/h8,10H,3-7H2,1-2H3/t8?,10?,12-/m1/s1. The molecule has 3 rings (SSSR count). The van der Waals surface area contributed by atoms with E-state index in [4.69, 9.17) is 4.74 Å². The zero-order valence-corrected chi connectivity index (χ0v) is 11.0. The van der Waals surface area contributed by atoms with Gasteiger partial charge in [-0.05, 0) is 24.2 Å². The van der Waals surface area contributed by atoms with Crippen molar-refractivity contribution < 1.29 is 17.9 Å². The molecule has 3 atom stereocenters. The van der Waals surface area contributed by atoms with Crippen molar-refractivity contribution in [3.8, 4) is 0 Å². The first-order chi connectivity index (χ1) is 7.80. The number of hydrogen-bond acceptors (Lipinski definition) is 4. The average molecular weight is 258 g/mol. The van der Waals surface area contributed by atoms with Crippen LogP contribution in [0.4, 0.5) is 0 Å². The lowest BCUT2D eigenvalue weighted by Crippen LogP contribution is -2.43. The van der Waals surface area contributed by atoms with Crippen LogP contribution < -0.4 is 0 Å². The Morgan fingerprint density at radius 2 is 2.06 bits per heavy atom. The van der Waals surface area contributed by atoms with E-state index < -0.39 is 20.7 Å². The second-order valence-corrected chi connectivity index (χ2v) is 8.38. The maximum absolute atomic E-state index is 12.2. The lowest BCUT2D eigenvalue weighted by Gasteiger charge is -2.35. The highest BCUT2D eigenvalue weighted by molar-refractivity contribution is 7.92. The summed E-state index contributed by atoms with van der Waals surface area (Å²) in [6.45, 7) is 4.41. The van der Waals surface area contributed by atoms with Crippen molar-refractivity contribution in [2.75, 3.05) is 12.4 Å². The molecule has 1 heterocycles. The Hall–Kier alpha value is -0.420. The Balaban J connectivity index is 1.97. The summed E-state index contributed by atoms with van der Waals surface area (Å²) in [4.78, 5) is 12.2. The molecule has 2 saturated carbocycles. The lowest BCUT2D eigenvalue weighted by atomic mass is 9.70. The van der Waals surface area contributed by atoms with Crippen LogP contribution in [0.5, 0.6) is 0 Å². The highest BCUT2D eigenvalue weighted by Crippen LogP contribution is 2.64. The topological polar surface area (TPSA) is 63.7 Å². The van der Waals surface area contributed by atoms with Crippen LogP contribution in [0.25, 0.3) is 0 Å². The molecule has 2 aliphatic carbocycles. The first-order valence-corrected chi connectivity index (χ1v) is 7.88. The highest BCUT2D eigenvalue weighted by Gasteiger charge is 2.66. The van der Waals surface area contributed by atoms with Gasteiger partial charge in [-0.25, -0.2) is 8.42 Å². The van der Waals surface area contributed by atoms with Crippen LogP contribution in [0.1, 0.15) is 33.1 Å². The summed E-state index contributed by atoms with van der Waals surface area (Å²) in [5, 5.41) is 0. The molecule has 17 heavy (non-hydrogen) atoms. The molecule has 1 aliphatic heterocycles. The number of ketones is 1. The number of rotatable bonds is 3. The summed E-state index contributed by atoms with van der Waals surface area (Å²) < 4.78 is 29.1. The third-order valence-corrected chi connectivity index (χ3v) is 7.26. The van der Waals surface area contributed by atoms with Gasteiger partial charge in [0.05, 0.1) is 12.4 Å². The SMILES string of the molecule is CC1(C)C2CC[C@@]1(CS(=O)(=O)C1CO1)C(=O)C2. The van der Waals surface area contributed by atoms with Gasteiger partial charge in [-0.2, -0.15) is 0 Å². The molecule has 3 aliphatic rings. The fourth-order valence-electron chi connectivity index (χ4n) is 3.79. The molecule has 0 aromatic carbocycles. The van der Waals surface area contributed by atoms with Crippen LogP contribution in [-0.2, 0) is 19.4 Å². The number of carbonyl (C=O) groups is 1. The first-order valence-electron chi connectivity index (χ1n) is 6.16. The molecular weight excluding hydrogens is 240 g/mol. The Kier molecular flexibility index (Phi) is 2.14. The second kappa shape index (κ2) is 3.12. The molecule has 0 radical (unpaired) electrons. The van der Waals surface area contributed by atoms with Crippen LogP contribution in [-0.4, -0.2) is 32.0 Å². The molecule has 1 saturated heterocycles.